The molecule has 4 rings (SSSR count). The minimum Gasteiger partial charge on any atom is -0.282 e. The van der Waals surface area contributed by atoms with Gasteiger partial charge in [0.15, 0.2) is 0 Å². The minimum atomic E-state index is -4.03. The Morgan fingerprint density at radius 3 is 2.08 bits per heavy atom. The largest absolute Gasteiger partial charge is 0.294 e. The second-order valence-electron chi connectivity index (χ2n) is 5.59. The summed E-state index contributed by atoms with van der Waals surface area (Å²) >= 11 is 1.74. The standard InChI is InChI=1S/C13H9NS.C7H8O3S/c1-2-6-10(7-3-1)13-14-11-8-4-5-9-12(11)15-13;1-6-4-2-3-5-7(6)11(8,9)10/h1-9H;2-5H,1H3,(H,8,9,10). The van der Waals surface area contributed by atoms with Crippen molar-refractivity contribution in [2.24, 2.45) is 0 Å². The summed E-state index contributed by atoms with van der Waals surface area (Å²) in [6.07, 6.45) is 0. The highest BCUT2D eigenvalue weighted by Crippen LogP contribution is 2.29. The van der Waals surface area contributed by atoms with Gasteiger partial charge in [-0.05, 0) is 30.7 Å². The van der Waals surface area contributed by atoms with Crippen molar-refractivity contribution < 1.29 is 13.0 Å². The highest BCUT2D eigenvalue weighted by atomic mass is 32.2. The van der Waals surface area contributed by atoms with Crippen LogP contribution in [0.2, 0.25) is 0 Å². The van der Waals surface area contributed by atoms with Gasteiger partial charge in [0.2, 0.25) is 0 Å². The molecule has 1 heterocycles. The summed E-state index contributed by atoms with van der Waals surface area (Å²) in [7, 11) is -4.03. The smallest absolute Gasteiger partial charge is 0.282 e. The monoisotopic (exact) mass is 383 g/mol. The molecular weight excluding hydrogens is 366 g/mol. The molecule has 0 saturated carbocycles. The van der Waals surface area contributed by atoms with Gasteiger partial charge in [0.1, 0.15) is 5.01 Å². The maximum atomic E-state index is 10.6. The fourth-order valence-electron chi connectivity index (χ4n) is 2.42. The van der Waals surface area contributed by atoms with E-state index >= 15 is 0 Å². The summed E-state index contributed by atoms with van der Waals surface area (Å²) in [6, 6.07) is 24.8. The summed E-state index contributed by atoms with van der Waals surface area (Å²) in [4.78, 5) is 4.57. The van der Waals surface area contributed by atoms with E-state index in [2.05, 4.69) is 35.3 Å². The van der Waals surface area contributed by atoms with E-state index in [1.165, 1.54) is 16.3 Å². The van der Waals surface area contributed by atoms with Crippen molar-refractivity contribution >= 4 is 31.7 Å². The van der Waals surface area contributed by atoms with Gasteiger partial charge in [-0.1, -0.05) is 60.7 Å². The van der Waals surface area contributed by atoms with E-state index in [4.69, 9.17) is 4.55 Å². The van der Waals surface area contributed by atoms with Gasteiger partial charge in [0, 0.05) is 5.56 Å². The lowest BCUT2D eigenvalue weighted by molar-refractivity contribution is 0.482. The van der Waals surface area contributed by atoms with E-state index in [0.717, 1.165) is 10.5 Å². The second-order valence-corrected chi connectivity index (χ2v) is 8.01. The first-order valence-corrected chi connectivity index (χ1v) is 10.1. The predicted octanol–water partition coefficient (Wildman–Crippen LogP) is 5.21. The van der Waals surface area contributed by atoms with Crippen molar-refractivity contribution in [2.75, 3.05) is 0 Å². The van der Waals surface area contributed by atoms with Gasteiger partial charge in [-0.15, -0.1) is 11.3 Å². The SMILES string of the molecule is Cc1ccccc1S(=O)(=O)O.c1ccc(-c2nc3ccccc3s2)cc1. The topological polar surface area (TPSA) is 67.3 Å². The number of aromatic nitrogens is 1. The molecule has 1 aromatic heterocycles. The normalized spacial score (nSPS) is 11.0. The number of rotatable bonds is 2. The first-order chi connectivity index (χ1) is 12.4. The van der Waals surface area contributed by atoms with Crippen LogP contribution in [-0.4, -0.2) is 18.0 Å². The van der Waals surface area contributed by atoms with Crippen LogP contribution in [0, 0.1) is 6.92 Å². The number of thiazole rings is 1. The first-order valence-electron chi connectivity index (χ1n) is 7.89. The van der Waals surface area contributed by atoms with Crippen LogP contribution in [0.3, 0.4) is 0 Å². The molecule has 0 aliphatic rings. The Kier molecular flexibility index (Phi) is 5.46. The molecule has 0 bridgehead atoms. The van der Waals surface area contributed by atoms with Crippen molar-refractivity contribution in [2.45, 2.75) is 11.8 Å². The van der Waals surface area contributed by atoms with E-state index < -0.39 is 10.1 Å². The van der Waals surface area contributed by atoms with Crippen LogP contribution in [0.1, 0.15) is 5.56 Å². The third-order valence-corrected chi connectivity index (χ3v) is 5.79. The van der Waals surface area contributed by atoms with E-state index in [0.29, 0.717) is 5.56 Å². The molecule has 0 aliphatic carbocycles. The van der Waals surface area contributed by atoms with E-state index in [1.54, 1.807) is 36.5 Å². The Labute approximate surface area is 156 Å². The molecule has 0 radical (unpaired) electrons. The predicted molar refractivity (Wildman–Crippen MR) is 106 cm³/mol. The van der Waals surface area contributed by atoms with Gasteiger partial charge < -0.3 is 0 Å². The Morgan fingerprint density at radius 2 is 1.46 bits per heavy atom. The van der Waals surface area contributed by atoms with Crippen LogP contribution in [0.15, 0.2) is 83.8 Å². The molecule has 3 aromatic carbocycles. The Balaban J connectivity index is 0.000000160. The van der Waals surface area contributed by atoms with Crippen LogP contribution >= 0.6 is 11.3 Å². The van der Waals surface area contributed by atoms with E-state index in [1.807, 2.05) is 24.3 Å². The Morgan fingerprint density at radius 1 is 0.846 bits per heavy atom. The highest BCUT2D eigenvalue weighted by Gasteiger charge is 2.10. The lowest BCUT2D eigenvalue weighted by atomic mass is 10.2. The average molecular weight is 383 g/mol. The summed E-state index contributed by atoms with van der Waals surface area (Å²) in [5.41, 5.74) is 2.83. The highest BCUT2D eigenvalue weighted by molar-refractivity contribution is 7.85. The molecule has 0 spiro atoms. The fourth-order valence-corrected chi connectivity index (χ4v) is 4.12. The van der Waals surface area contributed by atoms with Crippen LogP contribution < -0.4 is 0 Å². The molecule has 0 atom stereocenters. The number of benzene rings is 3. The number of nitrogens with zero attached hydrogens (tertiary/aromatic N) is 1. The molecule has 132 valence electrons. The van der Waals surface area contributed by atoms with Gasteiger partial charge in [-0.25, -0.2) is 4.98 Å². The minimum absolute atomic E-state index is 0.0278. The molecule has 6 heteroatoms. The summed E-state index contributed by atoms with van der Waals surface area (Å²) in [5, 5.41) is 1.09. The quantitative estimate of drug-likeness (QED) is 0.483. The maximum absolute atomic E-state index is 10.6. The molecule has 4 nitrogen and oxygen atoms in total. The van der Waals surface area contributed by atoms with Crippen LogP contribution in [0.5, 0.6) is 0 Å². The van der Waals surface area contributed by atoms with Crippen molar-refractivity contribution in [3.05, 3.63) is 84.4 Å². The van der Waals surface area contributed by atoms with Gasteiger partial charge in [0.25, 0.3) is 10.1 Å². The molecular formula is C20H17NO3S2. The molecule has 0 amide bonds. The van der Waals surface area contributed by atoms with E-state index in [-0.39, 0.29) is 4.90 Å². The third-order valence-electron chi connectivity index (χ3n) is 3.69. The van der Waals surface area contributed by atoms with Gasteiger partial charge in [0.05, 0.1) is 15.1 Å². The molecule has 1 N–H and O–H groups in total. The van der Waals surface area contributed by atoms with Crippen molar-refractivity contribution in [1.29, 1.82) is 0 Å². The zero-order chi connectivity index (χ0) is 18.6. The van der Waals surface area contributed by atoms with Gasteiger partial charge in [-0.3, -0.25) is 4.55 Å². The summed E-state index contributed by atoms with van der Waals surface area (Å²) < 4.78 is 31.1. The van der Waals surface area contributed by atoms with Crippen molar-refractivity contribution in [1.82, 2.24) is 4.98 Å². The fraction of sp³-hybridized carbons (Fsp3) is 0.0500. The number of aryl methyl sites for hydroxylation is 1. The van der Waals surface area contributed by atoms with Crippen molar-refractivity contribution in [3.8, 4) is 10.6 Å². The molecule has 4 aromatic rings. The van der Waals surface area contributed by atoms with Crippen LogP contribution in [0.25, 0.3) is 20.8 Å². The second kappa shape index (κ2) is 7.78. The average Bonchev–Trinajstić information content (AvgIpc) is 3.07. The lowest BCUT2D eigenvalue weighted by Crippen LogP contribution is -1.99. The van der Waals surface area contributed by atoms with Gasteiger partial charge in [-0.2, -0.15) is 8.42 Å². The molecule has 0 fully saturated rings. The Bertz CT molecular complexity index is 1090. The van der Waals surface area contributed by atoms with Crippen molar-refractivity contribution in [3.63, 3.8) is 0 Å². The zero-order valence-corrected chi connectivity index (χ0v) is 15.7. The summed E-state index contributed by atoms with van der Waals surface area (Å²) in [6.45, 7) is 1.63. The van der Waals surface area contributed by atoms with Crippen LogP contribution in [-0.2, 0) is 10.1 Å². The number of para-hydroxylation sites is 1. The van der Waals surface area contributed by atoms with Gasteiger partial charge >= 0.3 is 0 Å². The van der Waals surface area contributed by atoms with Crippen LogP contribution in [0.4, 0.5) is 0 Å². The lowest BCUT2D eigenvalue weighted by Gasteiger charge is -1.99. The molecule has 0 unspecified atom stereocenters. The molecule has 0 saturated heterocycles. The number of fused-ring (bicyclic) bond motifs is 1. The molecule has 0 aliphatic heterocycles. The summed E-state index contributed by atoms with van der Waals surface area (Å²) in [5.74, 6) is 0. The third kappa shape index (κ3) is 4.35. The number of hydrogen-bond donors (Lipinski definition) is 1. The maximum Gasteiger partial charge on any atom is 0.294 e. The first kappa shape index (κ1) is 18.3. The zero-order valence-electron chi connectivity index (χ0n) is 14.0. The van der Waals surface area contributed by atoms with E-state index in [9.17, 15) is 8.42 Å². The number of hydrogen-bond acceptors (Lipinski definition) is 4. The Hall–Kier alpha value is -2.54. The molecule has 26 heavy (non-hydrogen) atoms.